The van der Waals surface area contributed by atoms with Gasteiger partial charge in [0.15, 0.2) is 0 Å². The summed E-state index contributed by atoms with van der Waals surface area (Å²) in [5.74, 6) is 0.623. The molecule has 0 bridgehead atoms. The summed E-state index contributed by atoms with van der Waals surface area (Å²) in [5, 5.41) is 3.04. The van der Waals surface area contributed by atoms with Gasteiger partial charge in [-0.15, -0.1) is 0 Å². The van der Waals surface area contributed by atoms with E-state index >= 15 is 0 Å². The zero-order chi connectivity index (χ0) is 20.4. The molecule has 2 N–H and O–H groups in total. The maximum Gasteiger partial charge on any atom is 0.261 e. The Hall–Kier alpha value is -2.34. The van der Waals surface area contributed by atoms with Crippen molar-refractivity contribution in [1.29, 1.82) is 0 Å². The minimum atomic E-state index is -3.63. The second-order valence-electron chi connectivity index (χ2n) is 8.02. The maximum absolute atomic E-state index is 12.6. The molecule has 2 aromatic rings. The number of hydrogen-bond acceptors (Lipinski definition) is 3. The molecule has 28 heavy (non-hydrogen) atoms. The average Bonchev–Trinajstić information content (AvgIpc) is 3.44. The molecule has 1 amide bonds. The monoisotopic (exact) mass is 400 g/mol. The number of carbonyl (C=O) groups is 1. The lowest BCUT2D eigenvalue weighted by Crippen LogP contribution is -2.35. The fourth-order valence-electron chi connectivity index (χ4n) is 3.20. The number of benzene rings is 2. The highest BCUT2D eigenvalue weighted by Crippen LogP contribution is 2.48. The molecule has 6 heteroatoms. The van der Waals surface area contributed by atoms with E-state index < -0.39 is 15.4 Å². The van der Waals surface area contributed by atoms with Crippen LogP contribution in [0.3, 0.4) is 0 Å². The number of anilines is 1. The number of nitrogens with one attached hydrogen (secondary N) is 2. The fraction of sp³-hybridized carbons (Fsp3) is 0.409. The zero-order valence-corrected chi connectivity index (χ0v) is 17.5. The van der Waals surface area contributed by atoms with Crippen LogP contribution in [0, 0.1) is 12.8 Å². The highest BCUT2D eigenvalue weighted by molar-refractivity contribution is 7.92. The molecule has 3 rings (SSSR count). The Kier molecular flexibility index (Phi) is 5.79. The first-order chi connectivity index (χ1) is 13.2. The zero-order valence-electron chi connectivity index (χ0n) is 16.7. The van der Waals surface area contributed by atoms with Gasteiger partial charge < -0.3 is 5.32 Å². The van der Waals surface area contributed by atoms with Crippen LogP contribution in [-0.2, 0) is 20.2 Å². The molecular formula is C22H28N2O3S. The largest absolute Gasteiger partial charge is 0.355 e. The molecule has 0 aromatic heterocycles. The normalized spacial score (nSPS) is 15.3. The van der Waals surface area contributed by atoms with Gasteiger partial charge in [-0.1, -0.05) is 43.7 Å². The number of aryl methyl sites for hydroxylation is 1. The third kappa shape index (κ3) is 4.55. The fourth-order valence-corrected chi connectivity index (χ4v) is 4.26. The molecule has 1 aliphatic carbocycles. The third-order valence-electron chi connectivity index (χ3n) is 5.21. The molecule has 2 aromatic carbocycles. The van der Waals surface area contributed by atoms with Crippen LogP contribution in [0.2, 0.25) is 0 Å². The van der Waals surface area contributed by atoms with Crippen molar-refractivity contribution in [3.63, 3.8) is 0 Å². The van der Waals surface area contributed by atoms with E-state index in [0.29, 0.717) is 18.2 Å². The lowest BCUT2D eigenvalue weighted by molar-refractivity contribution is -0.123. The topological polar surface area (TPSA) is 75.3 Å². The Labute approximate surface area is 167 Å². The molecule has 1 aliphatic rings. The van der Waals surface area contributed by atoms with E-state index in [1.807, 2.05) is 19.1 Å². The van der Waals surface area contributed by atoms with E-state index in [-0.39, 0.29) is 10.8 Å². The van der Waals surface area contributed by atoms with Crippen LogP contribution in [0.15, 0.2) is 53.4 Å². The first kappa shape index (κ1) is 20.4. The summed E-state index contributed by atoms with van der Waals surface area (Å²) in [7, 11) is -3.63. The van der Waals surface area contributed by atoms with Crippen LogP contribution in [0.1, 0.15) is 44.2 Å². The summed E-state index contributed by atoms with van der Waals surface area (Å²) >= 11 is 0. The predicted molar refractivity (Wildman–Crippen MR) is 112 cm³/mol. The highest BCUT2D eigenvalue weighted by Gasteiger charge is 2.51. The first-order valence-electron chi connectivity index (χ1n) is 9.71. The standard InChI is InChI=1S/C22H28N2O3S/c1-16(2)12-15-23-21(25)22(13-14-22)18-6-8-19(9-7-18)24-28(26,27)20-10-4-17(3)5-11-20/h4-11,16,24H,12-15H2,1-3H3,(H,23,25). The average molecular weight is 401 g/mol. The van der Waals surface area contributed by atoms with Crippen molar-refractivity contribution in [2.75, 3.05) is 11.3 Å². The van der Waals surface area contributed by atoms with E-state index in [2.05, 4.69) is 23.9 Å². The van der Waals surface area contributed by atoms with E-state index in [9.17, 15) is 13.2 Å². The molecule has 0 unspecified atom stereocenters. The second kappa shape index (κ2) is 7.95. The van der Waals surface area contributed by atoms with Crippen molar-refractivity contribution in [2.45, 2.75) is 50.3 Å². The Morgan fingerprint density at radius 1 is 1.04 bits per heavy atom. The molecule has 0 aliphatic heterocycles. The highest BCUT2D eigenvalue weighted by atomic mass is 32.2. The molecule has 0 saturated heterocycles. The maximum atomic E-state index is 12.6. The summed E-state index contributed by atoms with van der Waals surface area (Å²) in [6.45, 7) is 6.87. The van der Waals surface area contributed by atoms with Crippen molar-refractivity contribution >= 4 is 21.6 Å². The van der Waals surface area contributed by atoms with Crippen LogP contribution < -0.4 is 10.0 Å². The molecule has 0 spiro atoms. The molecule has 1 fully saturated rings. The summed E-state index contributed by atoms with van der Waals surface area (Å²) in [6.07, 6.45) is 2.62. The van der Waals surface area contributed by atoms with E-state index in [4.69, 9.17) is 0 Å². The second-order valence-corrected chi connectivity index (χ2v) is 9.70. The van der Waals surface area contributed by atoms with Gasteiger partial charge in [-0.3, -0.25) is 9.52 Å². The van der Waals surface area contributed by atoms with Crippen LogP contribution in [0.25, 0.3) is 0 Å². The van der Waals surface area contributed by atoms with Crippen molar-refractivity contribution in [2.24, 2.45) is 5.92 Å². The van der Waals surface area contributed by atoms with Crippen LogP contribution in [0.5, 0.6) is 0 Å². The summed E-state index contributed by atoms with van der Waals surface area (Å²) in [5.41, 5.74) is 1.98. The number of rotatable bonds is 8. The van der Waals surface area contributed by atoms with E-state index in [0.717, 1.165) is 30.4 Å². The van der Waals surface area contributed by atoms with Crippen molar-refractivity contribution in [3.8, 4) is 0 Å². The van der Waals surface area contributed by atoms with Crippen LogP contribution in [-0.4, -0.2) is 20.9 Å². The predicted octanol–water partition coefficient (Wildman–Crippen LogP) is 3.99. The van der Waals surface area contributed by atoms with Gasteiger partial charge in [0.2, 0.25) is 5.91 Å². The SMILES string of the molecule is Cc1ccc(S(=O)(=O)Nc2ccc(C3(C(=O)NCCC(C)C)CC3)cc2)cc1. The summed E-state index contributed by atoms with van der Waals surface area (Å²) in [4.78, 5) is 12.8. The Bertz CT molecular complexity index is 929. The molecule has 5 nitrogen and oxygen atoms in total. The molecule has 1 saturated carbocycles. The molecule has 0 atom stereocenters. The molecular weight excluding hydrogens is 372 g/mol. The molecule has 150 valence electrons. The van der Waals surface area contributed by atoms with Gasteiger partial charge in [0.25, 0.3) is 10.0 Å². The van der Waals surface area contributed by atoms with Crippen molar-refractivity contribution < 1.29 is 13.2 Å². The minimum Gasteiger partial charge on any atom is -0.355 e. The quantitative estimate of drug-likeness (QED) is 0.703. The first-order valence-corrected chi connectivity index (χ1v) is 11.2. The minimum absolute atomic E-state index is 0.0705. The smallest absolute Gasteiger partial charge is 0.261 e. The van der Waals surface area contributed by atoms with Crippen LogP contribution >= 0.6 is 0 Å². The van der Waals surface area contributed by atoms with Gasteiger partial charge in [0, 0.05) is 12.2 Å². The van der Waals surface area contributed by atoms with E-state index in [1.165, 1.54) is 0 Å². The van der Waals surface area contributed by atoms with Crippen molar-refractivity contribution in [3.05, 3.63) is 59.7 Å². The lowest BCUT2D eigenvalue weighted by Gasteiger charge is -2.17. The summed E-state index contributed by atoms with van der Waals surface area (Å²) in [6, 6.07) is 13.9. The Balaban J connectivity index is 1.68. The molecule has 0 heterocycles. The van der Waals surface area contributed by atoms with Gasteiger partial charge in [0.1, 0.15) is 0 Å². The van der Waals surface area contributed by atoms with Gasteiger partial charge >= 0.3 is 0 Å². The number of carbonyl (C=O) groups excluding carboxylic acids is 1. The van der Waals surface area contributed by atoms with Gasteiger partial charge in [-0.05, 0) is 61.9 Å². The van der Waals surface area contributed by atoms with Crippen LogP contribution in [0.4, 0.5) is 5.69 Å². The molecule has 0 radical (unpaired) electrons. The number of amides is 1. The summed E-state index contributed by atoms with van der Waals surface area (Å²) < 4.78 is 27.6. The van der Waals surface area contributed by atoms with Gasteiger partial charge in [0.05, 0.1) is 10.3 Å². The Morgan fingerprint density at radius 2 is 1.64 bits per heavy atom. The number of sulfonamides is 1. The van der Waals surface area contributed by atoms with Crippen molar-refractivity contribution in [1.82, 2.24) is 5.32 Å². The van der Waals surface area contributed by atoms with Gasteiger partial charge in [-0.25, -0.2) is 8.42 Å². The van der Waals surface area contributed by atoms with Gasteiger partial charge in [-0.2, -0.15) is 0 Å². The third-order valence-corrected chi connectivity index (χ3v) is 6.61. The number of hydrogen-bond donors (Lipinski definition) is 2. The Morgan fingerprint density at radius 3 is 2.18 bits per heavy atom. The lowest BCUT2D eigenvalue weighted by atomic mass is 9.94. The van der Waals surface area contributed by atoms with E-state index in [1.54, 1.807) is 36.4 Å².